The van der Waals surface area contributed by atoms with Gasteiger partial charge in [-0.3, -0.25) is 14.5 Å². The fourth-order valence-corrected chi connectivity index (χ4v) is 3.09. The van der Waals surface area contributed by atoms with Crippen molar-refractivity contribution in [2.24, 2.45) is 0 Å². The van der Waals surface area contributed by atoms with Crippen LogP contribution in [-0.4, -0.2) is 26.9 Å². The zero-order valence-electron chi connectivity index (χ0n) is 13.1. The van der Waals surface area contributed by atoms with Crippen molar-refractivity contribution >= 4 is 22.3 Å². The fraction of sp³-hybridized carbons (Fsp3) is 0.333. The van der Waals surface area contributed by atoms with Crippen molar-refractivity contribution in [2.75, 3.05) is 6.61 Å². The van der Waals surface area contributed by atoms with Crippen LogP contribution in [0.15, 0.2) is 35.5 Å². The number of carbonyl (C=O) groups excluding carboxylic acids is 1. The highest BCUT2D eigenvalue weighted by Gasteiger charge is 2.25. The summed E-state index contributed by atoms with van der Waals surface area (Å²) >= 11 is 1.33. The van der Waals surface area contributed by atoms with Gasteiger partial charge in [-0.05, 0) is 20.8 Å². The van der Waals surface area contributed by atoms with Gasteiger partial charge in [-0.2, -0.15) is 0 Å². The van der Waals surface area contributed by atoms with Crippen molar-refractivity contribution in [1.29, 1.82) is 0 Å². The third kappa shape index (κ3) is 3.48. The minimum absolute atomic E-state index is 0.0779. The van der Waals surface area contributed by atoms with E-state index in [0.717, 1.165) is 0 Å². The van der Waals surface area contributed by atoms with Crippen LogP contribution in [-0.2, 0) is 4.74 Å². The Morgan fingerprint density at radius 2 is 2.35 bits per heavy atom. The fourth-order valence-electron chi connectivity index (χ4n) is 2.12. The van der Waals surface area contributed by atoms with E-state index < -0.39 is 16.8 Å². The Morgan fingerprint density at radius 1 is 1.61 bits per heavy atom. The molecular weight excluding hydrogens is 318 g/mol. The first-order valence-corrected chi connectivity index (χ1v) is 7.98. The summed E-state index contributed by atoms with van der Waals surface area (Å²) < 4.78 is 6.63. The topological polar surface area (TPSA) is 86.7 Å². The number of rotatable bonds is 6. The molecule has 23 heavy (non-hydrogen) atoms. The van der Waals surface area contributed by atoms with E-state index in [2.05, 4.69) is 4.98 Å². The summed E-state index contributed by atoms with van der Waals surface area (Å²) in [6, 6.07) is 0. The van der Waals surface area contributed by atoms with E-state index in [1.54, 1.807) is 43.5 Å². The summed E-state index contributed by atoms with van der Waals surface area (Å²) in [5.74, 6) is -0.944. The number of imidazole rings is 1. The van der Waals surface area contributed by atoms with Crippen LogP contribution in [0.1, 0.15) is 42.9 Å². The lowest BCUT2D eigenvalue weighted by molar-refractivity contribution is -0.429. The summed E-state index contributed by atoms with van der Waals surface area (Å²) in [6.45, 7) is 5.54. The van der Waals surface area contributed by atoms with Gasteiger partial charge in [0.05, 0.1) is 17.4 Å². The van der Waals surface area contributed by atoms with Crippen molar-refractivity contribution in [2.45, 2.75) is 26.7 Å². The van der Waals surface area contributed by atoms with Gasteiger partial charge in [-0.15, -0.1) is 11.3 Å². The zero-order valence-corrected chi connectivity index (χ0v) is 13.9. The molecular formula is C15H17N3O4S. The highest BCUT2D eigenvalue weighted by Crippen LogP contribution is 2.29. The SMILES string of the molecule is C/C=C\C=C(/C(C)c1csc2nc(C(=O)OCC)cn12)[N+](=O)[O-]. The summed E-state index contributed by atoms with van der Waals surface area (Å²) in [7, 11) is 0. The minimum Gasteiger partial charge on any atom is -0.461 e. The van der Waals surface area contributed by atoms with Gasteiger partial charge in [0.1, 0.15) is 0 Å². The number of aromatic nitrogens is 2. The monoisotopic (exact) mass is 335 g/mol. The van der Waals surface area contributed by atoms with Crippen molar-refractivity contribution in [1.82, 2.24) is 9.38 Å². The number of ether oxygens (including phenoxy) is 1. The molecule has 2 aromatic heterocycles. The second-order valence-electron chi connectivity index (χ2n) is 4.76. The smallest absolute Gasteiger partial charge is 0.358 e. The summed E-state index contributed by atoms with van der Waals surface area (Å²) in [6.07, 6.45) is 6.41. The van der Waals surface area contributed by atoms with Crippen LogP contribution < -0.4 is 0 Å². The van der Waals surface area contributed by atoms with E-state index in [0.29, 0.717) is 10.7 Å². The molecule has 0 fully saturated rings. The average Bonchev–Trinajstić information content (AvgIpc) is 3.07. The Bertz CT molecular complexity index is 788. The number of hydrogen-bond donors (Lipinski definition) is 0. The molecule has 8 heteroatoms. The Labute approximate surface area is 137 Å². The van der Waals surface area contributed by atoms with Crippen LogP contribution in [0.3, 0.4) is 0 Å². The molecule has 1 unspecified atom stereocenters. The van der Waals surface area contributed by atoms with Crippen LogP contribution in [0.4, 0.5) is 0 Å². The number of thiazole rings is 1. The highest BCUT2D eigenvalue weighted by atomic mass is 32.1. The predicted octanol–water partition coefficient (Wildman–Crippen LogP) is 3.41. The van der Waals surface area contributed by atoms with Crippen LogP contribution in [0, 0.1) is 10.1 Å². The van der Waals surface area contributed by atoms with Gasteiger partial charge in [0, 0.05) is 23.3 Å². The quantitative estimate of drug-likeness (QED) is 0.349. The summed E-state index contributed by atoms with van der Waals surface area (Å²) in [5.41, 5.74) is 0.988. The molecule has 0 aliphatic carbocycles. The van der Waals surface area contributed by atoms with Crippen molar-refractivity contribution in [3.63, 3.8) is 0 Å². The third-order valence-corrected chi connectivity index (χ3v) is 4.14. The molecule has 0 radical (unpaired) electrons. The molecule has 0 aliphatic rings. The van der Waals surface area contributed by atoms with E-state index >= 15 is 0 Å². The van der Waals surface area contributed by atoms with Crippen LogP contribution in [0.5, 0.6) is 0 Å². The van der Waals surface area contributed by atoms with Crippen LogP contribution >= 0.6 is 11.3 Å². The van der Waals surface area contributed by atoms with Gasteiger partial charge >= 0.3 is 5.97 Å². The minimum atomic E-state index is -0.499. The first-order valence-electron chi connectivity index (χ1n) is 7.10. The Morgan fingerprint density at radius 3 is 2.96 bits per heavy atom. The van der Waals surface area contributed by atoms with Crippen LogP contribution in [0.25, 0.3) is 4.96 Å². The van der Waals surface area contributed by atoms with Gasteiger partial charge in [0.25, 0.3) is 5.70 Å². The average molecular weight is 335 g/mol. The molecule has 0 spiro atoms. The number of carbonyl (C=O) groups is 1. The molecule has 2 heterocycles. The van der Waals surface area contributed by atoms with Gasteiger partial charge < -0.3 is 4.74 Å². The second kappa shape index (κ2) is 7.19. The lowest BCUT2D eigenvalue weighted by Gasteiger charge is -2.07. The predicted molar refractivity (Wildman–Crippen MR) is 87.3 cm³/mol. The number of esters is 1. The number of nitro groups is 1. The van der Waals surface area contributed by atoms with Gasteiger partial charge in [-0.25, -0.2) is 9.78 Å². The van der Waals surface area contributed by atoms with Gasteiger partial charge in [0.2, 0.25) is 0 Å². The van der Waals surface area contributed by atoms with E-state index in [-0.39, 0.29) is 18.0 Å². The van der Waals surface area contributed by atoms with E-state index in [1.807, 2.05) is 5.38 Å². The molecule has 122 valence electrons. The first-order chi connectivity index (χ1) is 11.0. The largest absolute Gasteiger partial charge is 0.461 e. The molecule has 0 amide bonds. The lowest BCUT2D eigenvalue weighted by atomic mass is 10.0. The maximum atomic E-state index is 11.8. The van der Waals surface area contributed by atoms with Gasteiger partial charge in [0.15, 0.2) is 10.7 Å². The Hall–Kier alpha value is -2.48. The molecule has 0 saturated heterocycles. The van der Waals surface area contributed by atoms with Crippen molar-refractivity contribution < 1.29 is 14.5 Å². The normalized spacial score (nSPS) is 13.6. The van der Waals surface area contributed by atoms with Crippen LogP contribution in [0.2, 0.25) is 0 Å². The highest BCUT2D eigenvalue weighted by molar-refractivity contribution is 7.15. The molecule has 0 aliphatic heterocycles. The van der Waals surface area contributed by atoms with Gasteiger partial charge in [-0.1, -0.05) is 12.2 Å². The molecule has 1 atom stereocenters. The maximum Gasteiger partial charge on any atom is 0.358 e. The van der Waals surface area contributed by atoms with E-state index in [9.17, 15) is 14.9 Å². The molecule has 2 rings (SSSR count). The summed E-state index contributed by atoms with van der Waals surface area (Å²) in [5, 5.41) is 13.1. The molecule has 0 N–H and O–H groups in total. The summed E-state index contributed by atoms with van der Waals surface area (Å²) in [4.78, 5) is 27.5. The molecule has 7 nitrogen and oxygen atoms in total. The van der Waals surface area contributed by atoms with Crippen molar-refractivity contribution in [3.8, 4) is 0 Å². The number of hydrogen-bond acceptors (Lipinski definition) is 6. The van der Waals surface area contributed by atoms with E-state index in [1.165, 1.54) is 17.4 Å². The molecule has 0 aromatic carbocycles. The molecule has 2 aromatic rings. The number of allylic oxidation sites excluding steroid dienone is 4. The Balaban J connectivity index is 2.42. The first kappa shape index (κ1) is 16.9. The van der Waals surface area contributed by atoms with E-state index in [4.69, 9.17) is 4.74 Å². The molecule has 0 bridgehead atoms. The maximum absolute atomic E-state index is 11.8. The zero-order chi connectivity index (χ0) is 17.0. The third-order valence-electron chi connectivity index (χ3n) is 3.28. The van der Waals surface area contributed by atoms with Crippen molar-refractivity contribution in [3.05, 3.63) is 57.0 Å². The lowest BCUT2D eigenvalue weighted by Crippen LogP contribution is -2.09. The molecule has 0 saturated carbocycles. The standard InChI is InChI=1S/C15H17N3O4S/c1-4-6-7-12(18(20)21)10(3)13-9-23-15-16-11(8-17(13)15)14(19)22-5-2/h4,6-10H,5H2,1-3H3/b6-4-,12-7+. The number of fused-ring (bicyclic) bond motifs is 1. The second-order valence-corrected chi connectivity index (χ2v) is 5.59. The number of nitrogens with zero attached hydrogens (tertiary/aromatic N) is 3. The Kier molecular flexibility index (Phi) is 5.28.